The molecule has 3 unspecified atom stereocenters. The number of aromatic nitrogens is 2. The number of carbonyl (C=O) groups excluding carboxylic acids is 1. The quantitative estimate of drug-likeness (QED) is 0.847. The van der Waals surface area contributed by atoms with Gasteiger partial charge in [0.1, 0.15) is 0 Å². The molecule has 1 aliphatic rings. The number of carboxylic acid groups (broad SMARTS) is 1. The minimum atomic E-state index is -0.876. The first-order chi connectivity index (χ1) is 12.8. The summed E-state index contributed by atoms with van der Waals surface area (Å²) in [7, 11) is 0. The number of piperidine rings is 1. The van der Waals surface area contributed by atoms with Crippen molar-refractivity contribution in [1.82, 2.24) is 20.0 Å². The number of nitrogens with zero attached hydrogens (tertiary/aromatic N) is 3. The predicted molar refractivity (Wildman–Crippen MR) is 100 cm³/mol. The Morgan fingerprint density at radius 1 is 1.33 bits per heavy atom. The van der Waals surface area contributed by atoms with Crippen molar-refractivity contribution in [2.45, 2.75) is 32.9 Å². The summed E-state index contributed by atoms with van der Waals surface area (Å²) in [5.41, 5.74) is -0.202. The Kier molecular flexibility index (Phi) is 5.43. The molecule has 3 atom stereocenters. The van der Waals surface area contributed by atoms with Crippen molar-refractivity contribution in [2.75, 3.05) is 13.1 Å². The maximum atomic E-state index is 12.5. The number of carbonyl (C=O) groups is 2. The maximum absolute atomic E-state index is 12.5. The highest BCUT2D eigenvalue weighted by atomic mass is 16.4. The first kappa shape index (κ1) is 18.9. The predicted octanol–water partition coefficient (Wildman–Crippen LogP) is 1.54. The number of nitrogens with one attached hydrogen (secondary N) is 1. The van der Waals surface area contributed by atoms with E-state index in [2.05, 4.69) is 10.4 Å². The minimum absolute atomic E-state index is 0.130. The van der Waals surface area contributed by atoms with Crippen LogP contribution in [0.1, 0.15) is 20.3 Å². The van der Waals surface area contributed by atoms with E-state index >= 15 is 0 Å². The Labute approximate surface area is 156 Å². The molecule has 1 fully saturated rings. The van der Waals surface area contributed by atoms with E-state index in [9.17, 15) is 19.5 Å². The monoisotopic (exact) mass is 372 g/mol. The highest BCUT2D eigenvalue weighted by molar-refractivity contribution is 5.80. The summed E-state index contributed by atoms with van der Waals surface area (Å²) in [5.74, 6) is -1.29. The fraction of sp³-hybridized carbons (Fsp3) is 0.474. The van der Waals surface area contributed by atoms with Gasteiger partial charge in [-0.15, -0.1) is 0 Å². The number of aliphatic carboxylic acids is 1. The summed E-state index contributed by atoms with van der Waals surface area (Å²) in [6, 6.07) is 6.59. The van der Waals surface area contributed by atoms with Gasteiger partial charge in [0.25, 0.3) is 5.56 Å². The number of likely N-dealkylation sites (tertiary alicyclic amines) is 1. The Bertz CT molecular complexity index is 910. The molecule has 0 spiro atoms. The second-order valence-corrected chi connectivity index (χ2v) is 7.35. The molecule has 0 aliphatic carbocycles. The van der Waals surface area contributed by atoms with Crippen LogP contribution >= 0.6 is 0 Å². The first-order valence-electron chi connectivity index (χ1n) is 9.08. The highest BCUT2D eigenvalue weighted by Gasteiger charge is 2.32. The minimum Gasteiger partial charge on any atom is -0.481 e. The van der Waals surface area contributed by atoms with Crippen molar-refractivity contribution in [3.05, 3.63) is 40.8 Å². The van der Waals surface area contributed by atoms with Gasteiger partial charge in [-0.25, -0.2) is 9.48 Å². The molecule has 1 aromatic heterocycles. The fourth-order valence-electron chi connectivity index (χ4n) is 3.56. The normalized spacial score (nSPS) is 21.0. The molecule has 0 saturated carbocycles. The van der Waals surface area contributed by atoms with Crippen LogP contribution in [0.25, 0.3) is 10.8 Å². The van der Waals surface area contributed by atoms with Gasteiger partial charge >= 0.3 is 12.0 Å². The summed E-state index contributed by atoms with van der Waals surface area (Å²) in [4.78, 5) is 37.9. The van der Waals surface area contributed by atoms with E-state index in [0.29, 0.717) is 18.4 Å². The lowest BCUT2D eigenvalue weighted by Gasteiger charge is -2.35. The third-order valence-corrected chi connectivity index (χ3v) is 4.87. The third kappa shape index (κ3) is 4.27. The van der Waals surface area contributed by atoms with Gasteiger partial charge in [-0.05, 0) is 25.3 Å². The van der Waals surface area contributed by atoms with Gasteiger partial charge in [0.15, 0.2) is 0 Å². The lowest BCUT2D eigenvalue weighted by Crippen LogP contribution is -2.52. The fourth-order valence-corrected chi connectivity index (χ4v) is 3.56. The molecule has 8 heteroatoms. The number of urea groups is 1. The summed E-state index contributed by atoms with van der Waals surface area (Å²) in [5, 5.41) is 17.6. The zero-order valence-electron chi connectivity index (χ0n) is 15.5. The van der Waals surface area contributed by atoms with E-state index in [-0.39, 0.29) is 36.6 Å². The molecule has 0 radical (unpaired) electrons. The first-order valence-corrected chi connectivity index (χ1v) is 9.08. The van der Waals surface area contributed by atoms with E-state index in [1.807, 2.05) is 19.1 Å². The van der Waals surface area contributed by atoms with Crippen LogP contribution in [0.3, 0.4) is 0 Å². The van der Waals surface area contributed by atoms with Gasteiger partial charge in [-0.1, -0.05) is 25.1 Å². The SMILES string of the molecule is CC1CC(C(=O)O)CN(C(=O)NC(C)Cn2ncc3ccccc3c2=O)C1. The van der Waals surface area contributed by atoms with Crippen LogP contribution in [0, 0.1) is 11.8 Å². The zero-order valence-corrected chi connectivity index (χ0v) is 15.5. The lowest BCUT2D eigenvalue weighted by molar-refractivity contribution is -0.143. The summed E-state index contributed by atoms with van der Waals surface area (Å²) >= 11 is 0. The van der Waals surface area contributed by atoms with Crippen molar-refractivity contribution in [1.29, 1.82) is 0 Å². The lowest BCUT2D eigenvalue weighted by atomic mass is 9.91. The standard InChI is InChI=1S/C19H24N4O4/c1-12-7-15(18(25)26)11-22(9-12)19(27)21-13(2)10-23-17(24)16-6-4-3-5-14(16)8-20-23/h3-6,8,12-13,15H,7,9-11H2,1-2H3,(H,21,27)(H,25,26). The second-order valence-electron chi connectivity index (χ2n) is 7.35. The Hall–Kier alpha value is -2.90. The van der Waals surface area contributed by atoms with E-state index in [1.165, 1.54) is 4.68 Å². The van der Waals surface area contributed by atoms with Crippen molar-refractivity contribution in [2.24, 2.45) is 11.8 Å². The molecule has 3 rings (SSSR count). The number of fused-ring (bicyclic) bond motifs is 1. The molecule has 2 amide bonds. The maximum Gasteiger partial charge on any atom is 0.317 e. The van der Waals surface area contributed by atoms with E-state index in [1.54, 1.807) is 30.2 Å². The smallest absolute Gasteiger partial charge is 0.317 e. The van der Waals surface area contributed by atoms with Gasteiger partial charge in [0.2, 0.25) is 0 Å². The highest BCUT2D eigenvalue weighted by Crippen LogP contribution is 2.21. The topological polar surface area (TPSA) is 105 Å². The molecule has 2 aromatic rings. The molecule has 27 heavy (non-hydrogen) atoms. The molecule has 1 aliphatic heterocycles. The molecule has 1 aromatic carbocycles. The molecule has 8 nitrogen and oxygen atoms in total. The number of amides is 2. The number of hydrogen-bond donors (Lipinski definition) is 2. The molecule has 0 bridgehead atoms. The van der Waals surface area contributed by atoms with Crippen LogP contribution in [0.2, 0.25) is 0 Å². The van der Waals surface area contributed by atoms with Crippen LogP contribution < -0.4 is 10.9 Å². The second kappa shape index (κ2) is 7.77. The van der Waals surface area contributed by atoms with Crippen LogP contribution in [-0.2, 0) is 11.3 Å². The van der Waals surface area contributed by atoms with E-state index < -0.39 is 11.9 Å². The zero-order chi connectivity index (χ0) is 19.6. The van der Waals surface area contributed by atoms with Crippen LogP contribution in [0.15, 0.2) is 35.3 Å². The number of carboxylic acids is 1. The number of rotatable bonds is 4. The van der Waals surface area contributed by atoms with Crippen molar-refractivity contribution in [3.8, 4) is 0 Å². The Morgan fingerprint density at radius 3 is 2.81 bits per heavy atom. The Morgan fingerprint density at radius 2 is 2.07 bits per heavy atom. The molecule has 1 saturated heterocycles. The average molecular weight is 372 g/mol. The Balaban J connectivity index is 1.66. The van der Waals surface area contributed by atoms with Gasteiger partial charge in [0.05, 0.1) is 24.0 Å². The third-order valence-electron chi connectivity index (χ3n) is 4.87. The van der Waals surface area contributed by atoms with Crippen LogP contribution in [0.5, 0.6) is 0 Å². The molecular weight excluding hydrogens is 348 g/mol. The van der Waals surface area contributed by atoms with Gasteiger partial charge < -0.3 is 15.3 Å². The van der Waals surface area contributed by atoms with Gasteiger partial charge in [-0.3, -0.25) is 9.59 Å². The molecule has 144 valence electrons. The van der Waals surface area contributed by atoms with Gasteiger partial charge in [0, 0.05) is 24.5 Å². The van der Waals surface area contributed by atoms with Crippen molar-refractivity contribution < 1.29 is 14.7 Å². The largest absolute Gasteiger partial charge is 0.481 e. The van der Waals surface area contributed by atoms with Crippen molar-refractivity contribution in [3.63, 3.8) is 0 Å². The van der Waals surface area contributed by atoms with E-state index in [4.69, 9.17) is 0 Å². The molecule has 2 heterocycles. The van der Waals surface area contributed by atoms with Gasteiger partial charge in [-0.2, -0.15) is 5.10 Å². The summed E-state index contributed by atoms with van der Waals surface area (Å²) in [6.45, 7) is 4.70. The number of benzene rings is 1. The average Bonchev–Trinajstić information content (AvgIpc) is 2.63. The molecule has 2 N–H and O–H groups in total. The number of hydrogen-bond acceptors (Lipinski definition) is 4. The summed E-state index contributed by atoms with van der Waals surface area (Å²) < 4.78 is 1.34. The van der Waals surface area contributed by atoms with Crippen LogP contribution in [-0.4, -0.2) is 50.9 Å². The van der Waals surface area contributed by atoms with E-state index in [0.717, 1.165) is 5.39 Å². The van der Waals surface area contributed by atoms with Crippen molar-refractivity contribution >= 4 is 22.8 Å². The molecular formula is C19H24N4O4. The summed E-state index contributed by atoms with van der Waals surface area (Å²) in [6.07, 6.45) is 2.21. The van der Waals surface area contributed by atoms with Crippen LogP contribution in [0.4, 0.5) is 4.79 Å².